The van der Waals surface area contributed by atoms with Crippen LogP contribution in [0.2, 0.25) is 0 Å². The Bertz CT molecular complexity index is 530. The number of aliphatic hydroxyl groups is 1. The predicted molar refractivity (Wildman–Crippen MR) is 88.0 cm³/mol. The molecule has 106 valence electrons. The topological polar surface area (TPSA) is 23.5 Å². The quantitative estimate of drug-likeness (QED) is 0.846. The molecule has 0 saturated heterocycles. The van der Waals surface area contributed by atoms with E-state index in [1.807, 2.05) is 42.5 Å². The lowest BCUT2D eigenvalue weighted by atomic mass is 10.1. The average Bonchev–Trinajstić information content (AvgIpc) is 2.49. The molecule has 2 aromatic rings. The summed E-state index contributed by atoms with van der Waals surface area (Å²) in [6.45, 7) is 3.92. The summed E-state index contributed by atoms with van der Waals surface area (Å²) in [6, 6.07) is 18.2. The first-order chi connectivity index (χ1) is 9.70. The maximum atomic E-state index is 10.3. The van der Waals surface area contributed by atoms with Gasteiger partial charge in [-0.3, -0.25) is 0 Å². The number of anilines is 1. The van der Waals surface area contributed by atoms with Gasteiger partial charge in [-0.25, -0.2) is 0 Å². The molecule has 0 aliphatic rings. The number of benzene rings is 2. The Hall–Kier alpha value is -1.32. The van der Waals surface area contributed by atoms with Gasteiger partial charge in [0, 0.05) is 23.2 Å². The van der Waals surface area contributed by atoms with E-state index >= 15 is 0 Å². The van der Waals surface area contributed by atoms with Crippen molar-refractivity contribution in [3.8, 4) is 0 Å². The van der Waals surface area contributed by atoms with Gasteiger partial charge in [-0.2, -0.15) is 0 Å². The monoisotopic (exact) mass is 333 g/mol. The highest BCUT2D eigenvalue weighted by atomic mass is 79.9. The molecule has 2 nitrogen and oxygen atoms in total. The Balaban J connectivity index is 1.96. The highest BCUT2D eigenvalue weighted by Crippen LogP contribution is 2.22. The van der Waals surface area contributed by atoms with Gasteiger partial charge in [0.15, 0.2) is 0 Å². The lowest BCUT2D eigenvalue weighted by molar-refractivity contribution is 0.169. The lowest BCUT2D eigenvalue weighted by Gasteiger charge is -2.24. The molecule has 0 amide bonds. The Kier molecular flexibility index (Phi) is 5.62. The second-order valence-electron chi connectivity index (χ2n) is 4.77. The van der Waals surface area contributed by atoms with Gasteiger partial charge in [0.1, 0.15) is 0 Å². The van der Waals surface area contributed by atoms with E-state index in [9.17, 15) is 5.11 Å². The van der Waals surface area contributed by atoms with E-state index in [0.29, 0.717) is 0 Å². The van der Waals surface area contributed by atoms with E-state index in [-0.39, 0.29) is 0 Å². The Labute approximate surface area is 129 Å². The van der Waals surface area contributed by atoms with Crippen LogP contribution in [0.4, 0.5) is 5.69 Å². The zero-order valence-electron chi connectivity index (χ0n) is 11.7. The maximum Gasteiger partial charge on any atom is 0.0807 e. The van der Waals surface area contributed by atoms with Crippen LogP contribution in [0.1, 0.15) is 25.0 Å². The van der Waals surface area contributed by atoms with Crippen molar-refractivity contribution in [1.82, 2.24) is 0 Å². The van der Waals surface area contributed by atoms with Gasteiger partial charge in [-0.15, -0.1) is 0 Å². The number of halogens is 1. The first kappa shape index (κ1) is 15.1. The van der Waals surface area contributed by atoms with Crippen LogP contribution in [0.15, 0.2) is 59.1 Å². The molecule has 0 heterocycles. The summed E-state index contributed by atoms with van der Waals surface area (Å²) in [6.07, 6.45) is 0.296. The van der Waals surface area contributed by atoms with Gasteiger partial charge >= 0.3 is 0 Å². The van der Waals surface area contributed by atoms with Crippen molar-refractivity contribution in [3.05, 3.63) is 64.6 Å². The molecule has 1 unspecified atom stereocenters. The zero-order valence-corrected chi connectivity index (χ0v) is 13.3. The molecule has 2 aromatic carbocycles. The fraction of sp³-hybridized carbons (Fsp3) is 0.294. The molecule has 0 saturated carbocycles. The molecule has 0 aromatic heterocycles. The third-order valence-electron chi connectivity index (χ3n) is 3.41. The van der Waals surface area contributed by atoms with E-state index in [1.54, 1.807) is 0 Å². The molecule has 3 heteroatoms. The maximum absolute atomic E-state index is 10.3. The highest BCUT2D eigenvalue weighted by Gasteiger charge is 2.10. The summed E-state index contributed by atoms with van der Waals surface area (Å²) in [7, 11) is 0. The van der Waals surface area contributed by atoms with Gasteiger partial charge < -0.3 is 10.0 Å². The highest BCUT2D eigenvalue weighted by molar-refractivity contribution is 9.10. The van der Waals surface area contributed by atoms with Crippen molar-refractivity contribution >= 4 is 21.6 Å². The van der Waals surface area contributed by atoms with Crippen LogP contribution in [-0.2, 0) is 0 Å². The Morgan fingerprint density at radius 1 is 1.10 bits per heavy atom. The number of hydrogen-bond donors (Lipinski definition) is 1. The normalized spacial score (nSPS) is 12.2. The van der Waals surface area contributed by atoms with Crippen LogP contribution in [0.5, 0.6) is 0 Å². The van der Waals surface area contributed by atoms with Crippen LogP contribution in [-0.4, -0.2) is 18.2 Å². The number of para-hydroxylation sites is 1. The summed E-state index contributed by atoms with van der Waals surface area (Å²) in [5.74, 6) is 0. The molecule has 20 heavy (non-hydrogen) atoms. The molecule has 0 spiro atoms. The second-order valence-corrected chi connectivity index (χ2v) is 5.69. The summed E-state index contributed by atoms with van der Waals surface area (Å²) in [5.41, 5.74) is 2.17. The van der Waals surface area contributed by atoms with Crippen molar-refractivity contribution in [2.75, 3.05) is 18.0 Å². The largest absolute Gasteiger partial charge is 0.388 e. The van der Waals surface area contributed by atoms with Gasteiger partial charge in [0.25, 0.3) is 0 Å². The van der Waals surface area contributed by atoms with Crippen molar-refractivity contribution < 1.29 is 5.11 Å². The predicted octanol–water partition coefficient (Wildman–Crippen LogP) is 4.40. The third kappa shape index (κ3) is 4.09. The third-order valence-corrected chi connectivity index (χ3v) is 3.90. The van der Waals surface area contributed by atoms with Gasteiger partial charge in [-0.1, -0.05) is 46.3 Å². The van der Waals surface area contributed by atoms with E-state index in [4.69, 9.17) is 0 Å². The lowest BCUT2D eigenvalue weighted by Crippen LogP contribution is -2.25. The van der Waals surface area contributed by atoms with Crippen LogP contribution in [0, 0.1) is 0 Å². The van der Waals surface area contributed by atoms with Gasteiger partial charge in [0.05, 0.1) is 6.10 Å². The van der Waals surface area contributed by atoms with Crippen molar-refractivity contribution in [2.24, 2.45) is 0 Å². The van der Waals surface area contributed by atoms with E-state index in [2.05, 4.69) is 39.9 Å². The van der Waals surface area contributed by atoms with Crippen molar-refractivity contribution in [1.29, 1.82) is 0 Å². The fourth-order valence-corrected chi connectivity index (χ4v) is 2.68. The van der Waals surface area contributed by atoms with Gasteiger partial charge in [0.2, 0.25) is 0 Å². The van der Waals surface area contributed by atoms with Crippen molar-refractivity contribution in [2.45, 2.75) is 19.4 Å². The first-order valence-electron chi connectivity index (χ1n) is 6.94. The molecular weight excluding hydrogens is 314 g/mol. The standard InChI is InChI=1S/C17H20BrNO/c1-2-19(16-9-4-3-5-10-16)12-11-17(20)14-7-6-8-15(18)13-14/h3-10,13,17,20H,2,11-12H2,1H3. The summed E-state index contributed by atoms with van der Waals surface area (Å²) in [5, 5.41) is 10.3. The first-order valence-corrected chi connectivity index (χ1v) is 7.73. The SMILES string of the molecule is CCN(CCC(O)c1cccc(Br)c1)c1ccccc1. The minimum Gasteiger partial charge on any atom is -0.388 e. The molecule has 0 aliphatic heterocycles. The molecule has 0 fully saturated rings. The average molecular weight is 334 g/mol. The van der Waals surface area contributed by atoms with Crippen LogP contribution in [0.25, 0.3) is 0 Å². The van der Waals surface area contributed by atoms with Gasteiger partial charge in [-0.05, 0) is 43.2 Å². The van der Waals surface area contributed by atoms with E-state index < -0.39 is 6.10 Å². The molecule has 2 rings (SSSR count). The molecule has 0 aliphatic carbocycles. The number of hydrogen-bond acceptors (Lipinski definition) is 2. The minimum absolute atomic E-state index is 0.426. The molecule has 0 radical (unpaired) electrons. The number of aliphatic hydroxyl groups excluding tert-OH is 1. The van der Waals surface area contributed by atoms with Crippen LogP contribution in [0.3, 0.4) is 0 Å². The summed E-state index contributed by atoms with van der Waals surface area (Å²) < 4.78 is 1.00. The second kappa shape index (κ2) is 7.46. The van der Waals surface area contributed by atoms with E-state index in [1.165, 1.54) is 5.69 Å². The van der Waals surface area contributed by atoms with Crippen LogP contribution < -0.4 is 4.90 Å². The molecular formula is C17H20BrNO. The van der Waals surface area contributed by atoms with Crippen molar-refractivity contribution in [3.63, 3.8) is 0 Å². The molecule has 1 atom stereocenters. The van der Waals surface area contributed by atoms with E-state index in [0.717, 1.165) is 29.5 Å². The number of nitrogens with zero attached hydrogens (tertiary/aromatic N) is 1. The zero-order chi connectivity index (χ0) is 14.4. The molecule has 1 N–H and O–H groups in total. The van der Waals surface area contributed by atoms with Crippen LogP contribution >= 0.6 is 15.9 Å². The number of rotatable bonds is 6. The Morgan fingerprint density at radius 2 is 1.85 bits per heavy atom. The minimum atomic E-state index is -0.426. The smallest absolute Gasteiger partial charge is 0.0807 e. The molecule has 0 bridgehead atoms. The Morgan fingerprint density at radius 3 is 2.50 bits per heavy atom. The summed E-state index contributed by atoms with van der Waals surface area (Å²) >= 11 is 3.44. The summed E-state index contributed by atoms with van der Waals surface area (Å²) in [4.78, 5) is 2.28. The fourth-order valence-electron chi connectivity index (χ4n) is 2.27.